The van der Waals surface area contributed by atoms with Crippen molar-refractivity contribution in [3.8, 4) is 28.4 Å². The van der Waals surface area contributed by atoms with Crippen LogP contribution in [-0.4, -0.2) is 60.1 Å². The van der Waals surface area contributed by atoms with Crippen LogP contribution in [0.5, 0.6) is 17.2 Å². The van der Waals surface area contributed by atoms with Gasteiger partial charge >= 0.3 is 0 Å². The molecule has 3 N–H and O–H groups in total. The van der Waals surface area contributed by atoms with Crippen LogP contribution in [0.2, 0.25) is 0 Å². The van der Waals surface area contributed by atoms with Gasteiger partial charge in [0.1, 0.15) is 5.75 Å². The number of amides is 1. The Morgan fingerprint density at radius 1 is 1.05 bits per heavy atom. The third-order valence-electron chi connectivity index (χ3n) is 9.44. The molecule has 2 unspecified atom stereocenters. The van der Waals surface area contributed by atoms with E-state index in [0.29, 0.717) is 31.0 Å². The van der Waals surface area contributed by atoms with E-state index in [0.717, 1.165) is 58.7 Å². The van der Waals surface area contributed by atoms with E-state index in [1.54, 1.807) is 6.07 Å². The number of nitrogens with one attached hydrogen (secondary N) is 1. The molecule has 1 fully saturated rings. The molecule has 0 aromatic heterocycles. The lowest BCUT2D eigenvalue weighted by Crippen LogP contribution is -2.60. The Balaban J connectivity index is 1.06. The fraction of sp³-hybridized carbons (Fsp3) is 0.364. The van der Waals surface area contributed by atoms with E-state index in [4.69, 9.17) is 9.47 Å². The number of hydrogen-bond acceptors (Lipinski definition) is 6. The number of ether oxygens (including phenoxy) is 2. The summed E-state index contributed by atoms with van der Waals surface area (Å²) < 4.78 is 10.9. The van der Waals surface area contributed by atoms with Gasteiger partial charge in [-0.2, -0.15) is 0 Å². The molecule has 1 amide bonds. The van der Waals surface area contributed by atoms with Crippen molar-refractivity contribution in [3.63, 3.8) is 0 Å². The Hall–Kier alpha value is -3.81. The molecule has 2 aliphatic heterocycles. The molecule has 40 heavy (non-hydrogen) atoms. The van der Waals surface area contributed by atoms with Crippen molar-refractivity contribution < 1.29 is 24.5 Å². The SMILES string of the molecule is CN1CCC23C[C@@H](O)C=C[C@H]2C1Cc1ccc(C(=O)NCCc2ccc(-c4ccc5c(c4)OCO5)cc2)c(O)c13. The minimum absolute atomic E-state index is 0.0820. The largest absolute Gasteiger partial charge is 0.507 e. The van der Waals surface area contributed by atoms with E-state index in [1.165, 1.54) is 0 Å². The highest BCUT2D eigenvalue weighted by Crippen LogP contribution is 2.56. The maximum absolute atomic E-state index is 13.3. The molecule has 1 saturated heterocycles. The van der Waals surface area contributed by atoms with Crippen LogP contribution >= 0.6 is 0 Å². The Bertz CT molecular complexity index is 1500. The highest BCUT2D eigenvalue weighted by molar-refractivity contribution is 5.97. The lowest BCUT2D eigenvalue weighted by molar-refractivity contribution is 0.0195. The van der Waals surface area contributed by atoms with Gasteiger partial charge in [0, 0.05) is 29.5 Å². The number of hydrogen-bond donors (Lipinski definition) is 3. The first kappa shape index (κ1) is 25.2. The quantitative estimate of drug-likeness (QED) is 0.422. The van der Waals surface area contributed by atoms with Gasteiger partial charge in [0.2, 0.25) is 6.79 Å². The Labute approximate surface area is 234 Å². The molecule has 0 spiro atoms. The molecule has 7 nitrogen and oxygen atoms in total. The van der Waals surface area contributed by atoms with E-state index >= 15 is 0 Å². The second-order valence-electron chi connectivity index (χ2n) is 11.6. The summed E-state index contributed by atoms with van der Waals surface area (Å²) in [7, 11) is 2.16. The molecule has 2 aliphatic carbocycles. The van der Waals surface area contributed by atoms with Crippen molar-refractivity contribution in [3.05, 3.63) is 89.0 Å². The second-order valence-corrected chi connectivity index (χ2v) is 11.6. The molecule has 3 aromatic rings. The molecule has 0 radical (unpaired) electrons. The predicted molar refractivity (Wildman–Crippen MR) is 152 cm³/mol. The Kier molecular flexibility index (Phi) is 6.09. The Morgan fingerprint density at radius 2 is 1.85 bits per heavy atom. The van der Waals surface area contributed by atoms with Crippen LogP contribution in [0.25, 0.3) is 11.1 Å². The monoisotopic (exact) mass is 538 g/mol. The molecule has 4 atom stereocenters. The molecule has 206 valence electrons. The van der Waals surface area contributed by atoms with Crippen LogP contribution in [0.15, 0.2) is 66.7 Å². The first-order valence-corrected chi connectivity index (χ1v) is 14.1. The van der Waals surface area contributed by atoms with E-state index in [2.05, 4.69) is 47.6 Å². The molecule has 3 aromatic carbocycles. The minimum atomic E-state index is -0.542. The molecule has 4 aliphatic rings. The van der Waals surface area contributed by atoms with E-state index in [1.807, 2.05) is 30.3 Å². The standard InChI is InChI=1S/C33H34N2O5/c1-35-15-13-33-18-24(36)8-10-26(33)27(35)16-23-6-9-25(31(37)30(23)33)32(38)34-14-12-20-2-4-21(5-3-20)22-7-11-28-29(17-22)40-19-39-28/h2-11,17,24,26-27,36-37H,12-16,18-19H2,1H3,(H,34,38)/t24-,26-,27?,33?/m0/s1. The average Bonchev–Trinajstić information content (AvgIpc) is 3.43. The fourth-order valence-electron chi connectivity index (χ4n) is 7.39. The lowest BCUT2D eigenvalue weighted by Gasteiger charge is -2.57. The topological polar surface area (TPSA) is 91.3 Å². The van der Waals surface area contributed by atoms with Crippen molar-refractivity contribution in [2.24, 2.45) is 5.92 Å². The van der Waals surface area contributed by atoms with Gasteiger partial charge in [0.05, 0.1) is 11.7 Å². The van der Waals surface area contributed by atoms with Gasteiger partial charge in [-0.05, 0) is 79.7 Å². The van der Waals surface area contributed by atoms with Crippen LogP contribution < -0.4 is 14.8 Å². The van der Waals surface area contributed by atoms with Gasteiger partial charge in [-0.25, -0.2) is 0 Å². The third kappa shape index (κ3) is 4.07. The van der Waals surface area contributed by atoms with Crippen LogP contribution in [0.3, 0.4) is 0 Å². The molecule has 0 saturated carbocycles. The lowest BCUT2D eigenvalue weighted by atomic mass is 9.53. The summed E-state index contributed by atoms with van der Waals surface area (Å²) in [6.07, 6.45) is 6.43. The highest BCUT2D eigenvalue weighted by Gasteiger charge is 2.54. The number of aromatic hydroxyl groups is 1. The van der Waals surface area contributed by atoms with Gasteiger partial charge in [-0.3, -0.25) is 4.79 Å². The van der Waals surface area contributed by atoms with Gasteiger partial charge in [-0.1, -0.05) is 48.6 Å². The van der Waals surface area contributed by atoms with Crippen molar-refractivity contribution in [1.29, 1.82) is 0 Å². The van der Waals surface area contributed by atoms with Gasteiger partial charge in [0.15, 0.2) is 11.5 Å². The third-order valence-corrected chi connectivity index (χ3v) is 9.44. The molecule has 7 heteroatoms. The van der Waals surface area contributed by atoms with Crippen molar-refractivity contribution >= 4 is 5.91 Å². The number of aliphatic hydroxyl groups is 1. The van der Waals surface area contributed by atoms with Crippen molar-refractivity contribution in [1.82, 2.24) is 10.2 Å². The van der Waals surface area contributed by atoms with E-state index in [-0.39, 0.29) is 29.8 Å². The number of fused-ring (bicyclic) bond motifs is 2. The number of aliphatic hydroxyl groups excluding tert-OH is 1. The number of rotatable bonds is 5. The molecule has 7 rings (SSSR count). The van der Waals surface area contributed by atoms with Gasteiger partial charge in [0.25, 0.3) is 5.91 Å². The van der Waals surface area contributed by atoms with Crippen molar-refractivity contribution in [2.45, 2.75) is 43.2 Å². The summed E-state index contributed by atoms with van der Waals surface area (Å²) in [4.78, 5) is 15.7. The molecule has 2 bridgehead atoms. The number of phenols is 1. The van der Waals surface area contributed by atoms with Crippen molar-refractivity contribution in [2.75, 3.05) is 26.9 Å². The minimum Gasteiger partial charge on any atom is -0.507 e. The number of benzene rings is 3. The van der Waals surface area contributed by atoms with Gasteiger partial charge < -0.3 is 29.9 Å². The van der Waals surface area contributed by atoms with Gasteiger partial charge in [-0.15, -0.1) is 0 Å². The highest BCUT2D eigenvalue weighted by atomic mass is 16.7. The molecule has 2 heterocycles. The average molecular weight is 539 g/mol. The second kappa shape index (κ2) is 9.68. The summed E-state index contributed by atoms with van der Waals surface area (Å²) in [6, 6.07) is 18.3. The zero-order valence-corrected chi connectivity index (χ0v) is 22.6. The number of carbonyl (C=O) groups is 1. The maximum atomic E-state index is 13.3. The number of likely N-dealkylation sites (N-methyl/N-ethyl adjacent to an activating group) is 1. The normalized spacial score (nSPS) is 26.2. The summed E-state index contributed by atoms with van der Waals surface area (Å²) in [5.74, 6) is 1.55. The van der Waals surface area contributed by atoms with Crippen LogP contribution in [0.4, 0.5) is 0 Å². The zero-order valence-electron chi connectivity index (χ0n) is 22.6. The number of likely N-dealkylation sites (tertiary alicyclic amines) is 1. The zero-order chi connectivity index (χ0) is 27.4. The number of phenolic OH excluding ortho intramolecular Hbond substituents is 1. The van der Waals surface area contributed by atoms with E-state index in [9.17, 15) is 15.0 Å². The summed E-state index contributed by atoms with van der Waals surface area (Å²) >= 11 is 0. The molecular weight excluding hydrogens is 504 g/mol. The number of nitrogens with zero attached hydrogens (tertiary/aromatic N) is 1. The fourth-order valence-corrected chi connectivity index (χ4v) is 7.39. The summed E-state index contributed by atoms with van der Waals surface area (Å²) in [5, 5.41) is 25.1. The smallest absolute Gasteiger partial charge is 0.255 e. The Morgan fingerprint density at radius 3 is 2.70 bits per heavy atom. The predicted octanol–water partition coefficient (Wildman–Crippen LogP) is 4.20. The van der Waals surface area contributed by atoms with Crippen LogP contribution in [-0.2, 0) is 18.3 Å². The number of carbonyl (C=O) groups excluding carboxylic acids is 1. The first-order chi connectivity index (χ1) is 19.4. The summed E-state index contributed by atoms with van der Waals surface area (Å²) in [6.45, 7) is 1.62. The summed E-state index contributed by atoms with van der Waals surface area (Å²) in [5.41, 5.74) is 5.18. The van der Waals surface area contributed by atoms with Crippen LogP contribution in [0, 0.1) is 5.92 Å². The molecular formula is C33H34N2O5. The maximum Gasteiger partial charge on any atom is 0.255 e. The number of piperidine rings is 1. The first-order valence-electron chi connectivity index (χ1n) is 14.1. The van der Waals surface area contributed by atoms with E-state index < -0.39 is 6.10 Å². The van der Waals surface area contributed by atoms with Crippen LogP contribution in [0.1, 0.15) is 39.9 Å².